The zero-order valence-electron chi connectivity index (χ0n) is 16.4. The summed E-state index contributed by atoms with van der Waals surface area (Å²) in [6.07, 6.45) is 3.61. The van der Waals surface area contributed by atoms with Crippen LogP contribution in [0.15, 0.2) is 30.3 Å². The lowest BCUT2D eigenvalue weighted by molar-refractivity contribution is -0.130. The van der Waals surface area contributed by atoms with E-state index in [0.29, 0.717) is 26.2 Å². The Morgan fingerprint density at radius 2 is 1.45 bits per heavy atom. The highest BCUT2D eigenvalue weighted by molar-refractivity contribution is 5.79. The first-order valence-corrected chi connectivity index (χ1v) is 10.2. The maximum atomic E-state index is 13.8. The SMILES string of the molecule is O=C(Cc1ccc(F)cc1F)N1CCN(c2ccc(N3CCCCC3)nn2)CC1. The molecule has 8 heteroatoms. The lowest BCUT2D eigenvalue weighted by Crippen LogP contribution is -2.49. The lowest BCUT2D eigenvalue weighted by Gasteiger charge is -2.35. The highest BCUT2D eigenvalue weighted by Gasteiger charge is 2.23. The standard InChI is InChI=1S/C21H25F2N5O/c22-17-5-4-16(18(23)15-17)14-21(29)28-12-10-27(11-13-28)20-7-6-19(24-25-20)26-8-2-1-3-9-26/h4-7,15H,1-3,8-14H2. The van der Waals surface area contributed by atoms with E-state index >= 15 is 0 Å². The van der Waals surface area contributed by atoms with Crippen LogP contribution in [0, 0.1) is 11.6 Å². The van der Waals surface area contributed by atoms with Crippen LogP contribution in [0.5, 0.6) is 0 Å². The lowest BCUT2D eigenvalue weighted by atomic mass is 10.1. The van der Waals surface area contributed by atoms with Crippen molar-refractivity contribution < 1.29 is 13.6 Å². The van der Waals surface area contributed by atoms with Gasteiger partial charge < -0.3 is 14.7 Å². The second kappa shape index (κ2) is 8.71. The van der Waals surface area contributed by atoms with Crippen LogP contribution in [0.2, 0.25) is 0 Å². The number of halogens is 2. The molecule has 1 aromatic heterocycles. The zero-order chi connectivity index (χ0) is 20.2. The van der Waals surface area contributed by atoms with Crippen molar-refractivity contribution in [2.45, 2.75) is 25.7 Å². The van der Waals surface area contributed by atoms with Crippen molar-refractivity contribution in [3.8, 4) is 0 Å². The third kappa shape index (κ3) is 4.63. The summed E-state index contributed by atoms with van der Waals surface area (Å²) < 4.78 is 26.8. The van der Waals surface area contributed by atoms with Gasteiger partial charge in [-0.3, -0.25) is 4.79 Å². The first-order valence-electron chi connectivity index (χ1n) is 10.2. The number of hydrogen-bond acceptors (Lipinski definition) is 5. The van der Waals surface area contributed by atoms with E-state index in [1.807, 2.05) is 12.1 Å². The van der Waals surface area contributed by atoms with Gasteiger partial charge in [-0.1, -0.05) is 6.07 Å². The minimum Gasteiger partial charge on any atom is -0.355 e. The number of aromatic nitrogens is 2. The van der Waals surface area contributed by atoms with Crippen molar-refractivity contribution in [3.63, 3.8) is 0 Å². The van der Waals surface area contributed by atoms with Crippen molar-refractivity contribution in [3.05, 3.63) is 47.5 Å². The van der Waals surface area contributed by atoms with Crippen molar-refractivity contribution in [1.82, 2.24) is 15.1 Å². The van der Waals surface area contributed by atoms with Gasteiger partial charge in [0, 0.05) is 45.3 Å². The van der Waals surface area contributed by atoms with Gasteiger partial charge in [0.25, 0.3) is 0 Å². The highest BCUT2D eigenvalue weighted by atomic mass is 19.1. The topological polar surface area (TPSA) is 52.6 Å². The third-order valence-corrected chi connectivity index (χ3v) is 5.63. The smallest absolute Gasteiger partial charge is 0.227 e. The maximum absolute atomic E-state index is 13.8. The van der Waals surface area contributed by atoms with Gasteiger partial charge in [0.05, 0.1) is 6.42 Å². The van der Waals surface area contributed by atoms with Crippen molar-refractivity contribution in [2.24, 2.45) is 0 Å². The average molecular weight is 401 g/mol. The summed E-state index contributed by atoms with van der Waals surface area (Å²) in [6.45, 7) is 4.44. The number of nitrogens with zero attached hydrogens (tertiary/aromatic N) is 5. The van der Waals surface area contributed by atoms with Crippen molar-refractivity contribution >= 4 is 17.5 Å². The molecule has 4 rings (SSSR count). The van der Waals surface area contributed by atoms with Gasteiger partial charge in [-0.2, -0.15) is 0 Å². The average Bonchev–Trinajstić information content (AvgIpc) is 2.76. The monoisotopic (exact) mass is 401 g/mol. The van der Waals surface area contributed by atoms with E-state index in [2.05, 4.69) is 20.0 Å². The van der Waals surface area contributed by atoms with Crippen LogP contribution in [-0.4, -0.2) is 60.3 Å². The Bertz CT molecular complexity index is 847. The molecule has 154 valence electrons. The molecule has 0 N–H and O–H groups in total. The Morgan fingerprint density at radius 3 is 2.03 bits per heavy atom. The molecule has 0 bridgehead atoms. The van der Waals surface area contributed by atoms with Crippen LogP contribution in [0.3, 0.4) is 0 Å². The summed E-state index contributed by atoms with van der Waals surface area (Å²) in [4.78, 5) is 18.6. The molecular weight excluding hydrogens is 376 g/mol. The fourth-order valence-electron chi connectivity index (χ4n) is 3.90. The van der Waals surface area contributed by atoms with Gasteiger partial charge in [-0.05, 0) is 43.0 Å². The van der Waals surface area contributed by atoms with Crippen molar-refractivity contribution in [1.29, 1.82) is 0 Å². The quantitative estimate of drug-likeness (QED) is 0.789. The largest absolute Gasteiger partial charge is 0.355 e. The van der Waals surface area contributed by atoms with Gasteiger partial charge in [0.15, 0.2) is 11.6 Å². The molecule has 2 fully saturated rings. The third-order valence-electron chi connectivity index (χ3n) is 5.63. The summed E-state index contributed by atoms with van der Waals surface area (Å²) in [5.41, 5.74) is 0.220. The second-order valence-electron chi connectivity index (χ2n) is 7.58. The highest BCUT2D eigenvalue weighted by Crippen LogP contribution is 2.20. The summed E-state index contributed by atoms with van der Waals surface area (Å²) in [7, 11) is 0. The van der Waals surface area contributed by atoms with Crippen LogP contribution in [0.4, 0.5) is 20.4 Å². The van der Waals surface area contributed by atoms with E-state index < -0.39 is 11.6 Å². The number of hydrogen-bond donors (Lipinski definition) is 0. The molecule has 1 amide bonds. The van der Waals surface area contributed by atoms with E-state index in [0.717, 1.165) is 30.8 Å². The predicted octanol–water partition coefficient (Wildman–Crippen LogP) is 2.64. The van der Waals surface area contributed by atoms with Gasteiger partial charge in [-0.25, -0.2) is 8.78 Å². The van der Waals surface area contributed by atoms with Crippen LogP contribution < -0.4 is 9.80 Å². The Hall–Kier alpha value is -2.77. The number of carbonyl (C=O) groups excluding carboxylic acids is 1. The molecule has 0 saturated carbocycles. The molecule has 0 aliphatic carbocycles. The Balaban J connectivity index is 1.31. The molecule has 0 unspecified atom stereocenters. The Labute approximate surface area is 169 Å². The minimum atomic E-state index is -0.680. The number of anilines is 2. The Morgan fingerprint density at radius 1 is 0.828 bits per heavy atom. The molecule has 6 nitrogen and oxygen atoms in total. The normalized spacial score (nSPS) is 17.5. The van der Waals surface area contributed by atoms with E-state index in [9.17, 15) is 13.6 Å². The fraction of sp³-hybridized carbons (Fsp3) is 0.476. The fourth-order valence-corrected chi connectivity index (χ4v) is 3.90. The molecular formula is C21H25F2N5O. The van der Waals surface area contributed by atoms with E-state index in [1.54, 1.807) is 4.90 Å². The first-order chi connectivity index (χ1) is 14.1. The number of amides is 1. The van der Waals surface area contributed by atoms with Crippen LogP contribution in [0.25, 0.3) is 0 Å². The molecule has 29 heavy (non-hydrogen) atoms. The number of piperidine rings is 1. The van der Waals surface area contributed by atoms with Crippen LogP contribution in [0.1, 0.15) is 24.8 Å². The van der Waals surface area contributed by atoms with Crippen LogP contribution in [-0.2, 0) is 11.2 Å². The maximum Gasteiger partial charge on any atom is 0.227 e. The van der Waals surface area contributed by atoms with Crippen LogP contribution >= 0.6 is 0 Å². The molecule has 0 spiro atoms. The zero-order valence-corrected chi connectivity index (χ0v) is 16.4. The summed E-state index contributed by atoms with van der Waals surface area (Å²) in [6, 6.07) is 7.33. The summed E-state index contributed by atoms with van der Waals surface area (Å²) in [5.74, 6) is 0.258. The number of benzene rings is 1. The molecule has 3 heterocycles. The molecule has 2 saturated heterocycles. The Kier molecular flexibility index (Phi) is 5.87. The molecule has 2 aliphatic rings. The van der Waals surface area contributed by atoms with E-state index in [4.69, 9.17) is 0 Å². The molecule has 0 radical (unpaired) electrons. The number of carbonyl (C=O) groups is 1. The van der Waals surface area contributed by atoms with Gasteiger partial charge in [0.2, 0.25) is 5.91 Å². The van der Waals surface area contributed by atoms with Gasteiger partial charge >= 0.3 is 0 Å². The van der Waals surface area contributed by atoms with Gasteiger partial charge in [-0.15, -0.1) is 10.2 Å². The minimum absolute atomic E-state index is 0.0591. The second-order valence-corrected chi connectivity index (χ2v) is 7.58. The van der Waals surface area contributed by atoms with E-state index in [1.165, 1.54) is 31.4 Å². The summed E-state index contributed by atoms with van der Waals surface area (Å²) in [5, 5.41) is 8.77. The molecule has 2 aromatic rings. The number of rotatable bonds is 4. The molecule has 1 aromatic carbocycles. The molecule has 2 aliphatic heterocycles. The van der Waals surface area contributed by atoms with Gasteiger partial charge in [0.1, 0.15) is 11.6 Å². The first kappa shape index (κ1) is 19.5. The van der Waals surface area contributed by atoms with E-state index in [-0.39, 0.29) is 17.9 Å². The predicted molar refractivity (Wildman–Crippen MR) is 107 cm³/mol. The number of piperazine rings is 1. The summed E-state index contributed by atoms with van der Waals surface area (Å²) >= 11 is 0. The molecule has 0 atom stereocenters. The van der Waals surface area contributed by atoms with Crippen molar-refractivity contribution in [2.75, 3.05) is 49.1 Å².